The average molecular weight is 307 g/mol. The first kappa shape index (κ1) is 15.3. The van der Waals surface area contributed by atoms with Gasteiger partial charge in [-0.3, -0.25) is 4.79 Å². The van der Waals surface area contributed by atoms with Crippen LogP contribution < -0.4 is 0 Å². The van der Waals surface area contributed by atoms with Crippen LogP contribution in [0.4, 0.5) is 0 Å². The van der Waals surface area contributed by atoms with Crippen molar-refractivity contribution in [3.8, 4) is 5.75 Å². The Labute approximate surface area is 136 Å². The summed E-state index contributed by atoms with van der Waals surface area (Å²) in [5.41, 5.74) is 2.17. The Hall–Kier alpha value is -2.55. The lowest BCUT2D eigenvalue weighted by Crippen LogP contribution is -2.27. The second kappa shape index (κ2) is 7.14. The second-order valence-electron chi connectivity index (χ2n) is 6.06. The van der Waals surface area contributed by atoms with E-state index in [4.69, 9.17) is 0 Å². The molecule has 0 radical (unpaired) electrons. The predicted molar refractivity (Wildman–Crippen MR) is 92.0 cm³/mol. The molecule has 1 amide bonds. The Kier molecular flexibility index (Phi) is 4.77. The molecule has 0 saturated carbocycles. The van der Waals surface area contributed by atoms with Crippen molar-refractivity contribution in [3.63, 3.8) is 0 Å². The number of likely N-dealkylation sites (tertiary alicyclic amines) is 1. The van der Waals surface area contributed by atoms with Crippen LogP contribution in [-0.2, 0) is 11.2 Å². The van der Waals surface area contributed by atoms with Gasteiger partial charge in [0, 0.05) is 19.2 Å². The maximum Gasteiger partial charge on any atom is 0.246 e. The van der Waals surface area contributed by atoms with Gasteiger partial charge in [0.05, 0.1) is 0 Å². The summed E-state index contributed by atoms with van der Waals surface area (Å²) in [4.78, 5) is 14.2. The monoisotopic (exact) mass is 307 g/mol. The van der Waals surface area contributed by atoms with Crippen LogP contribution in [0, 0.1) is 5.92 Å². The fourth-order valence-electron chi connectivity index (χ4n) is 3.05. The van der Waals surface area contributed by atoms with E-state index >= 15 is 0 Å². The molecule has 23 heavy (non-hydrogen) atoms. The van der Waals surface area contributed by atoms with Crippen LogP contribution in [0.1, 0.15) is 17.5 Å². The van der Waals surface area contributed by atoms with Crippen molar-refractivity contribution in [1.82, 2.24) is 4.90 Å². The highest BCUT2D eigenvalue weighted by Crippen LogP contribution is 2.23. The van der Waals surface area contributed by atoms with E-state index in [1.807, 2.05) is 53.4 Å². The third-order valence-electron chi connectivity index (χ3n) is 4.25. The number of carbonyl (C=O) groups excluding carboxylic acids is 1. The summed E-state index contributed by atoms with van der Waals surface area (Å²) in [6.45, 7) is 1.59. The molecule has 0 bridgehead atoms. The van der Waals surface area contributed by atoms with Crippen LogP contribution in [0.5, 0.6) is 5.75 Å². The number of carbonyl (C=O) groups is 1. The Bertz CT molecular complexity index is 694. The van der Waals surface area contributed by atoms with Gasteiger partial charge in [-0.2, -0.15) is 0 Å². The highest BCUT2D eigenvalue weighted by Gasteiger charge is 2.25. The van der Waals surface area contributed by atoms with E-state index in [0.717, 1.165) is 37.1 Å². The number of hydrogen-bond acceptors (Lipinski definition) is 2. The molecule has 3 heteroatoms. The van der Waals surface area contributed by atoms with Crippen molar-refractivity contribution in [2.24, 2.45) is 5.92 Å². The van der Waals surface area contributed by atoms with Gasteiger partial charge < -0.3 is 10.0 Å². The molecule has 118 valence electrons. The van der Waals surface area contributed by atoms with Crippen LogP contribution in [0.25, 0.3) is 6.08 Å². The molecule has 2 aromatic rings. The van der Waals surface area contributed by atoms with Crippen molar-refractivity contribution >= 4 is 12.0 Å². The molecule has 1 N–H and O–H groups in total. The normalized spacial score (nSPS) is 17.7. The molecule has 1 heterocycles. The van der Waals surface area contributed by atoms with Crippen molar-refractivity contribution in [3.05, 3.63) is 71.8 Å². The van der Waals surface area contributed by atoms with Crippen molar-refractivity contribution in [2.45, 2.75) is 12.8 Å². The minimum atomic E-state index is 0.0762. The number of phenolic OH excluding ortho intramolecular Hbond substituents is 1. The summed E-state index contributed by atoms with van der Waals surface area (Å²) in [7, 11) is 0. The lowest BCUT2D eigenvalue weighted by atomic mass is 9.98. The lowest BCUT2D eigenvalue weighted by molar-refractivity contribution is -0.125. The molecule has 0 spiro atoms. The first-order valence-electron chi connectivity index (χ1n) is 8.00. The third-order valence-corrected chi connectivity index (χ3v) is 4.25. The summed E-state index contributed by atoms with van der Waals surface area (Å²) >= 11 is 0. The molecule has 0 aliphatic carbocycles. The third kappa shape index (κ3) is 4.22. The SMILES string of the molecule is O=C(/C=C/c1ccccc1)N1CCC(Cc2cccc(O)c2)C1. The molecule has 1 fully saturated rings. The fourth-order valence-corrected chi connectivity index (χ4v) is 3.05. The standard InChI is InChI=1S/C20H21NO2/c22-19-8-4-7-17(14-19)13-18-11-12-21(15-18)20(23)10-9-16-5-2-1-3-6-16/h1-10,14,18,22H,11-13,15H2/b10-9+. The van der Waals surface area contributed by atoms with Crippen LogP contribution in [0.15, 0.2) is 60.7 Å². The molecule has 3 nitrogen and oxygen atoms in total. The van der Waals surface area contributed by atoms with Gasteiger partial charge >= 0.3 is 0 Å². The molecule has 1 unspecified atom stereocenters. The Balaban J connectivity index is 1.55. The Morgan fingerprint density at radius 2 is 2.00 bits per heavy atom. The van der Waals surface area contributed by atoms with Gasteiger partial charge in [-0.15, -0.1) is 0 Å². The molecule has 1 saturated heterocycles. The highest BCUT2D eigenvalue weighted by atomic mass is 16.3. The van der Waals surface area contributed by atoms with E-state index in [2.05, 4.69) is 0 Å². The minimum Gasteiger partial charge on any atom is -0.508 e. The molecule has 1 aliphatic rings. The van der Waals surface area contributed by atoms with Crippen molar-refractivity contribution in [2.75, 3.05) is 13.1 Å². The maximum atomic E-state index is 12.3. The van der Waals surface area contributed by atoms with Gasteiger partial charge in [-0.05, 0) is 48.1 Å². The number of rotatable bonds is 4. The van der Waals surface area contributed by atoms with Crippen LogP contribution in [0.2, 0.25) is 0 Å². The van der Waals surface area contributed by atoms with E-state index in [-0.39, 0.29) is 5.91 Å². The second-order valence-corrected chi connectivity index (χ2v) is 6.06. The number of aromatic hydroxyl groups is 1. The molecule has 0 aromatic heterocycles. The maximum absolute atomic E-state index is 12.3. The highest BCUT2D eigenvalue weighted by molar-refractivity contribution is 5.91. The molecular formula is C20H21NO2. The number of hydrogen-bond donors (Lipinski definition) is 1. The van der Waals surface area contributed by atoms with Gasteiger partial charge in [0.1, 0.15) is 5.75 Å². The van der Waals surface area contributed by atoms with Gasteiger partial charge in [0.15, 0.2) is 0 Å². The zero-order valence-electron chi connectivity index (χ0n) is 13.1. The number of phenols is 1. The van der Waals surface area contributed by atoms with E-state index in [0.29, 0.717) is 11.7 Å². The Morgan fingerprint density at radius 3 is 2.78 bits per heavy atom. The number of amides is 1. The van der Waals surface area contributed by atoms with Gasteiger partial charge in [-0.25, -0.2) is 0 Å². The summed E-state index contributed by atoms with van der Waals surface area (Å²) in [5.74, 6) is 0.845. The fraction of sp³-hybridized carbons (Fsp3) is 0.250. The smallest absolute Gasteiger partial charge is 0.246 e. The minimum absolute atomic E-state index is 0.0762. The summed E-state index contributed by atoms with van der Waals surface area (Å²) < 4.78 is 0. The van der Waals surface area contributed by atoms with E-state index in [1.165, 1.54) is 0 Å². The van der Waals surface area contributed by atoms with Crippen molar-refractivity contribution < 1.29 is 9.90 Å². The lowest BCUT2D eigenvalue weighted by Gasteiger charge is -2.14. The van der Waals surface area contributed by atoms with Gasteiger partial charge in [0.25, 0.3) is 0 Å². The van der Waals surface area contributed by atoms with E-state index < -0.39 is 0 Å². The average Bonchev–Trinajstić information content (AvgIpc) is 3.02. The molecule has 3 rings (SSSR count). The zero-order valence-corrected chi connectivity index (χ0v) is 13.1. The first-order valence-corrected chi connectivity index (χ1v) is 8.00. The largest absolute Gasteiger partial charge is 0.508 e. The molecular weight excluding hydrogens is 286 g/mol. The predicted octanol–water partition coefficient (Wildman–Crippen LogP) is 3.50. The molecule has 1 aliphatic heterocycles. The van der Waals surface area contributed by atoms with E-state index in [9.17, 15) is 9.90 Å². The molecule has 2 aromatic carbocycles. The number of nitrogens with zero attached hydrogens (tertiary/aromatic N) is 1. The number of benzene rings is 2. The summed E-state index contributed by atoms with van der Waals surface area (Å²) in [5, 5.41) is 9.53. The summed E-state index contributed by atoms with van der Waals surface area (Å²) in [6, 6.07) is 17.2. The van der Waals surface area contributed by atoms with Crippen LogP contribution in [0.3, 0.4) is 0 Å². The van der Waals surface area contributed by atoms with Crippen molar-refractivity contribution in [1.29, 1.82) is 0 Å². The Morgan fingerprint density at radius 1 is 1.17 bits per heavy atom. The van der Waals surface area contributed by atoms with Gasteiger partial charge in [-0.1, -0.05) is 42.5 Å². The quantitative estimate of drug-likeness (QED) is 0.878. The zero-order chi connectivity index (χ0) is 16.1. The first-order chi connectivity index (χ1) is 11.2. The van der Waals surface area contributed by atoms with Crippen LogP contribution in [-0.4, -0.2) is 29.0 Å². The van der Waals surface area contributed by atoms with Gasteiger partial charge in [0.2, 0.25) is 5.91 Å². The van der Waals surface area contributed by atoms with Crippen LogP contribution >= 0.6 is 0 Å². The van der Waals surface area contributed by atoms with E-state index in [1.54, 1.807) is 18.2 Å². The topological polar surface area (TPSA) is 40.5 Å². The molecule has 1 atom stereocenters. The summed E-state index contributed by atoms with van der Waals surface area (Å²) in [6.07, 6.45) is 5.44.